The maximum Gasteiger partial charge on any atom is 0.232 e. The average Bonchev–Trinajstić information content (AvgIpc) is 2.51. The molecule has 2 aromatic rings. The molecule has 5 nitrogen and oxygen atoms in total. The Morgan fingerprint density at radius 1 is 1.17 bits per heavy atom. The number of carbonyl (C=O) groups excluding carboxylic acids is 1. The van der Waals surface area contributed by atoms with Crippen molar-refractivity contribution >= 4 is 21.4 Å². The number of sulfone groups is 1. The largest absolute Gasteiger partial charge is 0.506 e. The summed E-state index contributed by atoms with van der Waals surface area (Å²) < 4.78 is 22.9. The monoisotopic (exact) mass is 347 g/mol. The van der Waals surface area contributed by atoms with Gasteiger partial charge in [-0.25, -0.2) is 8.42 Å². The second-order valence-electron chi connectivity index (χ2n) is 5.89. The van der Waals surface area contributed by atoms with Crippen molar-refractivity contribution in [2.75, 3.05) is 17.3 Å². The van der Waals surface area contributed by atoms with Crippen LogP contribution in [0.1, 0.15) is 23.5 Å². The number of anilines is 1. The van der Waals surface area contributed by atoms with Crippen molar-refractivity contribution in [2.45, 2.75) is 19.3 Å². The molecule has 128 valence electrons. The van der Waals surface area contributed by atoms with Crippen molar-refractivity contribution in [2.24, 2.45) is 0 Å². The number of benzene rings is 2. The van der Waals surface area contributed by atoms with Crippen molar-refractivity contribution in [3.63, 3.8) is 0 Å². The van der Waals surface area contributed by atoms with Crippen molar-refractivity contribution in [3.05, 3.63) is 59.7 Å². The SMILES string of the molecule is Cc1ccc(O)c(NC(=O)[C@@H](CCS(C)(=O)=O)c2ccccc2)c1. The van der Waals surface area contributed by atoms with Gasteiger partial charge in [0.25, 0.3) is 0 Å². The molecule has 0 unspecified atom stereocenters. The Kier molecular flexibility index (Phi) is 5.62. The third kappa shape index (κ3) is 5.09. The number of amides is 1. The van der Waals surface area contributed by atoms with Gasteiger partial charge in [0.05, 0.1) is 17.4 Å². The fourth-order valence-corrected chi connectivity index (χ4v) is 3.10. The molecule has 2 rings (SSSR count). The summed E-state index contributed by atoms with van der Waals surface area (Å²) in [6.07, 6.45) is 1.33. The first kappa shape index (κ1) is 18.0. The number of carbonyl (C=O) groups is 1. The van der Waals surface area contributed by atoms with Gasteiger partial charge in [-0.3, -0.25) is 4.79 Å². The van der Waals surface area contributed by atoms with Crippen LogP contribution in [0.3, 0.4) is 0 Å². The normalized spacial score (nSPS) is 12.6. The predicted octanol–water partition coefficient (Wildman–Crippen LogP) is 2.86. The number of phenolic OH excluding ortho intramolecular Hbond substituents is 1. The minimum Gasteiger partial charge on any atom is -0.506 e. The summed E-state index contributed by atoms with van der Waals surface area (Å²) in [5.41, 5.74) is 1.96. The van der Waals surface area contributed by atoms with Crippen LogP contribution in [0.15, 0.2) is 48.5 Å². The van der Waals surface area contributed by atoms with Crippen LogP contribution >= 0.6 is 0 Å². The lowest BCUT2D eigenvalue weighted by molar-refractivity contribution is -0.117. The second kappa shape index (κ2) is 7.49. The molecule has 0 saturated carbocycles. The van der Waals surface area contributed by atoms with E-state index in [1.807, 2.05) is 13.0 Å². The molecule has 2 N–H and O–H groups in total. The van der Waals surface area contributed by atoms with Gasteiger partial charge < -0.3 is 10.4 Å². The molecule has 6 heteroatoms. The molecule has 2 aromatic carbocycles. The highest BCUT2D eigenvalue weighted by Gasteiger charge is 2.23. The molecule has 0 fully saturated rings. The number of aromatic hydroxyl groups is 1. The van der Waals surface area contributed by atoms with Gasteiger partial charge in [0.1, 0.15) is 15.6 Å². The third-order valence-corrected chi connectivity index (χ3v) is 4.68. The van der Waals surface area contributed by atoms with Crippen molar-refractivity contribution < 1.29 is 18.3 Å². The number of rotatable bonds is 6. The Labute approximate surface area is 142 Å². The van der Waals surface area contributed by atoms with Gasteiger partial charge in [0, 0.05) is 6.26 Å². The summed E-state index contributed by atoms with van der Waals surface area (Å²) in [6.45, 7) is 1.85. The van der Waals surface area contributed by atoms with Crippen LogP contribution in [-0.4, -0.2) is 31.4 Å². The highest BCUT2D eigenvalue weighted by atomic mass is 32.2. The van der Waals surface area contributed by atoms with Crippen LogP contribution in [0.5, 0.6) is 5.75 Å². The van der Waals surface area contributed by atoms with Gasteiger partial charge in [0.15, 0.2) is 0 Å². The van der Waals surface area contributed by atoms with E-state index in [4.69, 9.17) is 0 Å². The maximum absolute atomic E-state index is 12.7. The van der Waals surface area contributed by atoms with Gasteiger partial charge in [0.2, 0.25) is 5.91 Å². The predicted molar refractivity (Wildman–Crippen MR) is 95.0 cm³/mol. The van der Waals surface area contributed by atoms with E-state index in [9.17, 15) is 18.3 Å². The molecule has 1 atom stereocenters. The summed E-state index contributed by atoms with van der Waals surface area (Å²) in [7, 11) is -3.18. The van der Waals surface area contributed by atoms with E-state index in [0.717, 1.165) is 17.4 Å². The fraction of sp³-hybridized carbons (Fsp3) is 0.278. The molecule has 0 aliphatic heterocycles. The number of aryl methyl sites for hydroxylation is 1. The Balaban J connectivity index is 2.25. The molecule has 0 aliphatic carbocycles. The minimum atomic E-state index is -3.18. The van der Waals surface area contributed by atoms with E-state index in [-0.39, 0.29) is 23.8 Å². The summed E-state index contributed by atoms with van der Waals surface area (Å²) in [4.78, 5) is 12.7. The zero-order valence-electron chi connectivity index (χ0n) is 13.7. The summed E-state index contributed by atoms with van der Waals surface area (Å²) in [6, 6.07) is 14.0. The highest BCUT2D eigenvalue weighted by molar-refractivity contribution is 7.90. The molecule has 0 saturated heterocycles. The Bertz CT molecular complexity index is 816. The molecule has 0 aromatic heterocycles. The van der Waals surface area contributed by atoms with Crippen LogP contribution in [0, 0.1) is 6.92 Å². The lowest BCUT2D eigenvalue weighted by atomic mass is 9.95. The van der Waals surface area contributed by atoms with Crippen molar-refractivity contribution in [1.29, 1.82) is 0 Å². The van der Waals surface area contributed by atoms with E-state index in [2.05, 4.69) is 5.32 Å². The first-order chi connectivity index (χ1) is 11.3. The van der Waals surface area contributed by atoms with Crippen LogP contribution in [0.2, 0.25) is 0 Å². The minimum absolute atomic E-state index is 0.0242. The van der Waals surface area contributed by atoms with E-state index >= 15 is 0 Å². The van der Waals surface area contributed by atoms with E-state index in [1.165, 1.54) is 6.07 Å². The molecular formula is C18H21NO4S. The number of nitrogens with one attached hydrogen (secondary N) is 1. The van der Waals surface area contributed by atoms with E-state index in [0.29, 0.717) is 5.69 Å². The average molecular weight is 347 g/mol. The third-order valence-electron chi connectivity index (χ3n) is 3.71. The second-order valence-corrected chi connectivity index (χ2v) is 8.15. The lowest BCUT2D eigenvalue weighted by Gasteiger charge is -2.17. The van der Waals surface area contributed by atoms with Gasteiger partial charge >= 0.3 is 0 Å². The Morgan fingerprint density at radius 3 is 2.46 bits per heavy atom. The fourth-order valence-electron chi connectivity index (χ4n) is 2.44. The Hall–Kier alpha value is -2.34. The zero-order valence-corrected chi connectivity index (χ0v) is 14.5. The zero-order chi connectivity index (χ0) is 17.7. The van der Waals surface area contributed by atoms with Gasteiger partial charge in [-0.2, -0.15) is 0 Å². The van der Waals surface area contributed by atoms with Crippen LogP contribution < -0.4 is 5.32 Å². The molecule has 0 heterocycles. The highest BCUT2D eigenvalue weighted by Crippen LogP contribution is 2.27. The first-order valence-corrected chi connectivity index (χ1v) is 9.65. The summed E-state index contributed by atoms with van der Waals surface area (Å²) in [5.74, 6) is -1.06. The topological polar surface area (TPSA) is 83.5 Å². The molecule has 0 spiro atoms. The van der Waals surface area contributed by atoms with Gasteiger partial charge in [-0.15, -0.1) is 0 Å². The summed E-state index contributed by atoms with van der Waals surface area (Å²) >= 11 is 0. The molecular weight excluding hydrogens is 326 g/mol. The van der Waals surface area contributed by atoms with Crippen molar-refractivity contribution in [3.8, 4) is 5.75 Å². The molecule has 24 heavy (non-hydrogen) atoms. The molecule has 0 aliphatic rings. The van der Waals surface area contributed by atoms with E-state index in [1.54, 1.807) is 36.4 Å². The molecule has 0 bridgehead atoms. The van der Waals surface area contributed by atoms with E-state index < -0.39 is 15.8 Å². The summed E-state index contributed by atoms with van der Waals surface area (Å²) in [5, 5.41) is 12.6. The van der Waals surface area contributed by atoms with Crippen LogP contribution in [-0.2, 0) is 14.6 Å². The molecule has 0 radical (unpaired) electrons. The Morgan fingerprint density at radius 2 is 1.83 bits per heavy atom. The van der Waals surface area contributed by atoms with Crippen LogP contribution in [0.4, 0.5) is 5.69 Å². The number of hydrogen-bond acceptors (Lipinski definition) is 4. The quantitative estimate of drug-likeness (QED) is 0.787. The van der Waals surface area contributed by atoms with Crippen molar-refractivity contribution in [1.82, 2.24) is 0 Å². The maximum atomic E-state index is 12.7. The van der Waals surface area contributed by atoms with Crippen LogP contribution in [0.25, 0.3) is 0 Å². The smallest absolute Gasteiger partial charge is 0.232 e. The molecule has 1 amide bonds. The van der Waals surface area contributed by atoms with Gasteiger partial charge in [-0.1, -0.05) is 36.4 Å². The van der Waals surface area contributed by atoms with Gasteiger partial charge in [-0.05, 0) is 36.6 Å². The standard InChI is InChI=1S/C18H21NO4S/c1-13-8-9-17(20)16(12-13)19-18(21)15(10-11-24(2,22)23)14-6-4-3-5-7-14/h3-9,12,15,20H,10-11H2,1-2H3,(H,19,21)/t15-/m0/s1. The number of phenols is 1. The number of hydrogen-bond donors (Lipinski definition) is 2. The lowest BCUT2D eigenvalue weighted by Crippen LogP contribution is -2.23. The first-order valence-electron chi connectivity index (χ1n) is 7.59.